The van der Waals surface area contributed by atoms with E-state index in [1.165, 1.54) is 12.4 Å². The van der Waals surface area contributed by atoms with Crippen LogP contribution in [0.4, 0.5) is 0 Å². The first-order valence-corrected chi connectivity index (χ1v) is 3.80. The fraction of sp³-hybridized carbons (Fsp3) is 0.125. The lowest BCUT2D eigenvalue weighted by molar-refractivity contribution is 0.746. The first kappa shape index (κ1) is 7.72. The molecule has 0 N–H and O–H groups in total. The molecule has 5 heteroatoms. The fourth-order valence-electron chi connectivity index (χ4n) is 1.02. The summed E-state index contributed by atoms with van der Waals surface area (Å²) in [5.74, 6) is 0.745. The molecule has 0 radical (unpaired) electrons. The monoisotopic (exact) mass is 176 g/mol. The van der Waals surface area contributed by atoms with Gasteiger partial charge in [-0.15, -0.1) is 0 Å². The number of aromatic nitrogens is 4. The van der Waals surface area contributed by atoms with Gasteiger partial charge < -0.3 is 0 Å². The molecule has 0 aromatic carbocycles. The minimum Gasteiger partial charge on any atom is -0.290 e. The van der Waals surface area contributed by atoms with Crippen molar-refractivity contribution in [3.63, 3.8) is 0 Å². The van der Waals surface area contributed by atoms with Crippen molar-refractivity contribution in [3.8, 4) is 5.82 Å². The van der Waals surface area contributed by atoms with E-state index >= 15 is 0 Å². The molecule has 0 saturated heterocycles. The predicted octanol–water partition coefficient (Wildman–Crippen LogP) is -0.0340. The lowest BCUT2D eigenvalue weighted by Gasteiger charge is -1.98. The van der Waals surface area contributed by atoms with Crippen molar-refractivity contribution in [1.29, 1.82) is 0 Å². The molecule has 2 heterocycles. The highest BCUT2D eigenvalue weighted by Gasteiger charge is 1.96. The summed E-state index contributed by atoms with van der Waals surface area (Å²) in [5, 5.41) is 4.15. The first-order valence-electron chi connectivity index (χ1n) is 3.80. The molecular weight excluding hydrogens is 168 g/mol. The molecule has 0 spiro atoms. The van der Waals surface area contributed by atoms with Gasteiger partial charge in [0.05, 0.1) is 0 Å². The summed E-state index contributed by atoms with van der Waals surface area (Å²) >= 11 is 0. The van der Waals surface area contributed by atoms with Crippen molar-refractivity contribution in [2.24, 2.45) is 7.05 Å². The predicted molar refractivity (Wildman–Crippen MR) is 46.6 cm³/mol. The standard InChI is InChI=1S/C8H8N4O/c1-11-4-2-7(10-11)12-5-3-8(13)9-6-12/h2-6H,1H3. The topological polar surface area (TPSA) is 52.7 Å². The molecule has 0 unspecified atom stereocenters. The second kappa shape index (κ2) is 2.85. The van der Waals surface area contributed by atoms with Crippen LogP contribution in [0.5, 0.6) is 0 Å². The van der Waals surface area contributed by atoms with E-state index < -0.39 is 0 Å². The lowest BCUT2D eigenvalue weighted by atomic mass is 10.6. The zero-order valence-electron chi connectivity index (χ0n) is 7.08. The van der Waals surface area contributed by atoms with Crippen molar-refractivity contribution in [2.45, 2.75) is 0 Å². The molecule has 0 aliphatic heterocycles. The van der Waals surface area contributed by atoms with Crippen LogP contribution in [0.15, 0.2) is 35.6 Å². The Morgan fingerprint density at radius 3 is 2.69 bits per heavy atom. The van der Waals surface area contributed by atoms with E-state index in [1.54, 1.807) is 15.4 Å². The van der Waals surface area contributed by atoms with Crippen LogP contribution in [-0.2, 0) is 7.05 Å². The molecule has 2 aromatic heterocycles. The Morgan fingerprint density at radius 2 is 2.15 bits per heavy atom. The highest BCUT2D eigenvalue weighted by molar-refractivity contribution is 5.18. The molecule has 0 fully saturated rings. The maximum atomic E-state index is 10.7. The molecular formula is C8H8N4O. The Labute approximate surface area is 74.3 Å². The van der Waals surface area contributed by atoms with Gasteiger partial charge in [-0.25, -0.2) is 0 Å². The average molecular weight is 176 g/mol. The molecule has 13 heavy (non-hydrogen) atoms. The molecule has 2 rings (SSSR count). The minimum atomic E-state index is -0.243. The molecule has 0 aliphatic rings. The quantitative estimate of drug-likeness (QED) is 0.613. The molecule has 0 saturated carbocycles. The molecule has 0 bridgehead atoms. The van der Waals surface area contributed by atoms with E-state index in [1.807, 2.05) is 19.3 Å². The number of hydrogen-bond donors (Lipinski definition) is 0. The number of rotatable bonds is 1. The molecule has 0 atom stereocenters. The van der Waals surface area contributed by atoms with Crippen LogP contribution in [-0.4, -0.2) is 19.3 Å². The van der Waals surface area contributed by atoms with E-state index in [9.17, 15) is 4.79 Å². The van der Waals surface area contributed by atoms with Crippen LogP contribution < -0.4 is 5.56 Å². The minimum absolute atomic E-state index is 0.243. The second-order valence-corrected chi connectivity index (χ2v) is 2.65. The zero-order valence-corrected chi connectivity index (χ0v) is 7.08. The molecule has 2 aromatic rings. The van der Waals surface area contributed by atoms with Crippen LogP contribution in [0, 0.1) is 0 Å². The van der Waals surface area contributed by atoms with Gasteiger partial charge >= 0.3 is 0 Å². The fourth-order valence-corrected chi connectivity index (χ4v) is 1.02. The molecule has 0 amide bonds. The van der Waals surface area contributed by atoms with Crippen molar-refractivity contribution < 1.29 is 0 Å². The van der Waals surface area contributed by atoms with Crippen LogP contribution in [0.1, 0.15) is 0 Å². The Hall–Kier alpha value is -1.91. The lowest BCUT2D eigenvalue weighted by Crippen LogP contribution is -2.07. The summed E-state index contributed by atoms with van der Waals surface area (Å²) in [6.45, 7) is 0. The van der Waals surface area contributed by atoms with Crippen molar-refractivity contribution in [1.82, 2.24) is 19.3 Å². The van der Waals surface area contributed by atoms with Gasteiger partial charge in [-0.1, -0.05) is 0 Å². The van der Waals surface area contributed by atoms with E-state index in [4.69, 9.17) is 0 Å². The number of nitrogens with zero attached hydrogens (tertiary/aromatic N) is 4. The maximum Gasteiger partial charge on any atom is 0.272 e. The Kier molecular flexibility index (Phi) is 1.70. The van der Waals surface area contributed by atoms with Crippen molar-refractivity contribution in [2.75, 3.05) is 0 Å². The van der Waals surface area contributed by atoms with Gasteiger partial charge in [0.1, 0.15) is 6.33 Å². The first-order chi connectivity index (χ1) is 6.25. The number of hydrogen-bond acceptors (Lipinski definition) is 3. The van der Waals surface area contributed by atoms with Gasteiger partial charge in [-0.2, -0.15) is 10.1 Å². The zero-order chi connectivity index (χ0) is 9.26. The largest absolute Gasteiger partial charge is 0.290 e. The summed E-state index contributed by atoms with van der Waals surface area (Å²) < 4.78 is 3.37. The average Bonchev–Trinajstić information content (AvgIpc) is 2.53. The maximum absolute atomic E-state index is 10.7. The Balaban J connectivity index is 2.47. The summed E-state index contributed by atoms with van der Waals surface area (Å²) in [5.41, 5.74) is -0.243. The highest BCUT2D eigenvalue weighted by atomic mass is 16.1. The summed E-state index contributed by atoms with van der Waals surface area (Å²) in [4.78, 5) is 14.3. The Bertz CT molecular complexity index is 450. The normalized spacial score (nSPS) is 10.2. The van der Waals surface area contributed by atoms with Gasteiger partial charge in [0.25, 0.3) is 5.56 Å². The summed E-state index contributed by atoms with van der Waals surface area (Å²) in [6, 6.07) is 3.24. The van der Waals surface area contributed by atoms with E-state index in [0.717, 1.165) is 5.82 Å². The van der Waals surface area contributed by atoms with Gasteiger partial charge in [0, 0.05) is 31.6 Å². The van der Waals surface area contributed by atoms with E-state index in [0.29, 0.717) is 0 Å². The molecule has 66 valence electrons. The van der Waals surface area contributed by atoms with Crippen molar-refractivity contribution in [3.05, 3.63) is 41.2 Å². The summed E-state index contributed by atoms with van der Waals surface area (Å²) in [6.07, 6.45) is 4.91. The molecule has 5 nitrogen and oxygen atoms in total. The summed E-state index contributed by atoms with van der Waals surface area (Å²) in [7, 11) is 1.83. The van der Waals surface area contributed by atoms with Gasteiger partial charge in [0.2, 0.25) is 0 Å². The van der Waals surface area contributed by atoms with Crippen LogP contribution in [0.2, 0.25) is 0 Å². The third-order valence-corrected chi connectivity index (χ3v) is 1.65. The van der Waals surface area contributed by atoms with Gasteiger partial charge in [-0.05, 0) is 0 Å². The van der Waals surface area contributed by atoms with Crippen molar-refractivity contribution >= 4 is 0 Å². The third kappa shape index (κ3) is 1.48. The number of aryl methyl sites for hydroxylation is 1. The van der Waals surface area contributed by atoms with Crippen LogP contribution in [0.3, 0.4) is 0 Å². The van der Waals surface area contributed by atoms with E-state index in [2.05, 4.69) is 10.1 Å². The smallest absolute Gasteiger partial charge is 0.272 e. The highest BCUT2D eigenvalue weighted by Crippen LogP contribution is 1.99. The van der Waals surface area contributed by atoms with Gasteiger partial charge in [0.15, 0.2) is 5.82 Å². The second-order valence-electron chi connectivity index (χ2n) is 2.65. The van der Waals surface area contributed by atoms with Gasteiger partial charge in [-0.3, -0.25) is 14.0 Å². The third-order valence-electron chi connectivity index (χ3n) is 1.65. The Morgan fingerprint density at radius 1 is 1.31 bits per heavy atom. The molecule has 0 aliphatic carbocycles. The van der Waals surface area contributed by atoms with Crippen LogP contribution in [0.25, 0.3) is 5.82 Å². The SMILES string of the molecule is Cn1ccc(-n2ccc(=O)nc2)n1. The van der Waals surface area contributed by atoms with E-state index in [-0.39, 0.29) is 5.56 Å². The van der Waals surface area contributed by atoms with Crippen LogP contribution >= 0.6 is 0 Å².